The number of anilines is 1. The molecule has 0 saturated heterocycles. The SMILES string of the molecule is CNc1cccc(C(=O)NC(C)c2cccnc2)n1. The van der Waals surface area contributed by atoms with E-state index >= 15 is 0 Å². The zero-order chi connectivity index (χ0) is 13.7. The molecule has 2 heterocycles. The van der Waals surface area contributed by atoms with E-state index in [0.29, 0.717) is 11.5 Å². The van der Waals surface area contributed by atoms with Gasteiger partial charge in [0, 0.05) is 19.4 Å². The molecular weight excluding hydrogens is 240 g/mol. The number of nitrogens with one attached hydrogen (secondary N) is 2. The van der Waals surface area contributed by atoms with E-state index in [1.807, 2.05) is 19.1 Å². The number of rotatable bonds is 4. The molecule has 0 bridgehead atoms. The van der Waals surface area contributed by atoms with Crippen LogP contribution in [0.3, 0.4) is 0 Å². The Morgan fingerprint density at radius 1 is 1.26 bits per heavy atom. The fraction of sp³-hybridized carbons (Fsp3) is 0.214. The predicted molar refractivity (Wildman–Crippen MR) is 73.9 cm³/mol. The molecule has 2 aromatic rings. The van der Waals surface area contributed by atoms with Gasteiger partial charge in [-0.05, 0) is 30.7 Å². The topological polar surface area (TPSA) is 66.9 Å². The van der Waals surface area contributed by atoms with Crippen LogP contribution in [0.15, 0.2) is 42.7 Å². The molecule has 5 heteroatoms. The summed E-state index contributed by atoms with van der Waals surface area (Å²) < 4.78 is 0. The quantitative estimate of drug-likeness (QED) is 0.878. The minimum Gasteiger partial charge on any atom is -0.373 e. The summed E-state index contributed by atoms with van der Waals surface area (Å²) >= 11 is 0. The molecule has 0 saturated carbocycles. The van der Waals surface area contributed by atoms with Crippen LogP contribution in [-0.2, 0) is 0 Å². The van der Waals surface area contributed by atoms with Gasteiger partial charge in [-0.15, -0.1) is 0 Å². The summed E-state index contributed by atoms with van der Waals surface area (Å²) in [5, 5.41) is 5.80. The second-order valence-corrected chi connectivity index (χ2v) is 4.14. The predicted octanol–water partition coefficient (Wildman–Crippen LogP) is 2.01. The van der Waals surface area contributed by atoms with E-state index in [1.165, 1.54) is 0 Å². The van der Waals surface area contributed by atoms with Gasteiger partial charge in [-0.25, -0.2) is 4.98 Å². The van der Waals surface area contributed by atoms with E-state index in [0.717, 1.165) is 5.56 Å². The van der Waals surface area contributed by atoms with Gasteiger partial charge in [-0.3, -0.25) is 9.78 Å². The lowest BCUT2D eigenvalue weighted by atomic mass is 10.1. The molecule has 98 valence electrons. The standard InChI is InChI=1S/C14H16N4O/c1-10(11-5-4-8-16-9-11)17-14(19)12-6-3-7-13(15-2)18-12/h3-10H,1-2H3,(H,15,18)(H,17,19). The van der Waals surface area contributed by atoms with Gasteiger partial charge in [0.15, 0.2) is 0 Å². The first kappa shape index (κ1) is 13.0. The molecule has 2 N–H and O–H groups in total. The second-order valence-electron chi connectivity index (χ2n) is 4.14. The van der Waals surface area contributed by atoms with E-state index < -0.39 is 0 Å². The molecule has 1 amide bonds. The lowest BCUT2D eigenvalue weighted by Gasteiger charge is -2.13. The van der Waals surface area contributed by atoms with Crippen LogP contribution in [-0.4, -0.2) is 22.9 Å². The largest absolute Gasteiger partial charge is 0.373 e. The highest BCUT2D eigenvalue weighted by atomic mass is 16.1. The van der Waals surface area contributed by atoms with Crippen LogP contribution < -0.4 is 10.6 Å². The Kier molecular flexibility index (Phi) is 4.07. The van der Waals surface area contributed by atoms with Crippen molar-refractivity contribution in [3.8, 4) is 0 Å². The molecular formula is C14H16N4O. The molecule has 0 fully saturated rings. The summed E-state index contributed by atoms with van der Waals surface area (Å²) in [5.74, 6) is 0.468. The van der Waals surface area contributed by atoms with Crippen molar-refractivity contribution >= 4 is 11.7 Å². The highest BCUT2D eigenvalue weighted by Gasteiger charge is 2.12. The Morgan fingerprint density at radius 2 is 2.11 bits per heavy atom. The minimum atomic E-state index is -0.201. The molecule has 0 radical (unpaired) electrons. The average molecular weight is 256 g/mol. The fourth-order valence-electron chi connectivity index (χ4n) is 1.69. The molecule has 0 aliphatic heterocycles. The number of nitrogens with zero attached hydrogens (tertiary/aromatic N) is 2. The van der Waals surface area contributed by atoms with Crippen molar-refractivity contribution in [3.63, 3.8) is 0 Å². The molecule has 0 aliphatic carbocycles. The number of carbonyl (C=O) groups is 1. The van der Waals surface area contributed by atoms with Crippen LogP contribution in [0.1, 0.15) is 29.0 Å². The number of aromatic nitrogens is 2. The number of carbonyl (C=O) groups excluding carboxylic acids is 1. The van der Waals surface area contributed by atoms with Crippen LogP contribution in [0.4, 0.5) is 5.82 Å². The van der Waals surface area contributed by atoms with Gasteiger partial charge in [0.2, 0.25) is 0 Å². The van der Waals surface area contributed by atoms with Gasteiger partial charge in [0.1, 0.15) is 11.5 Å². The third kappa shape index (κ3) is 3.28. The van der Waals surface area contributed by atoms with Crippen LogP contribution in [0.2, 0.25) is 0 Å². The Labute approximate surface area is 112 Å². The van der Waals surface area contributed by atoms with Crippen molar-refractivity contribution < 1.29 is 4.79 Å². The van der Waals surface area contributed by atoms with Crippen molar-refractivity contribution in [2.45, 2.75) is 13.0 Å². The Bertz CT molecular complexity index is 556. The van der Waals surface area contributed by atoms with Crippen LogP contribution >= 0.6 is 0 Å². The van der Waals surface area contributed by atoms with Crippen molar-refractivity contribution in [3.05, 3.63) is 54.0 Å². The molecule has 2 aromatic heterocycles. The normalized spacial score (nSPS) is 11.7. The van der Waals surface area contributed by atoms with E-state index in [4.69, 9.17) is 0 Å². The average Bonchev–Trinajstić information content (AvgIpc) is 2.48. The Balaban J connectivity index is 2.08. The van der Waals surface area contributed by atoms with Gasteiger partial charge in [0.05, 0.1) is 6.04 Å². The van der Waals surface area contributed by atoms with Crippen molar-refractivity contribution in [2.75, 3.05) is 12.4 Å². The van der Waals surface area contributed by atoms with Gasteiger partial charge in [0.25, 0.3) is 5.91 Å². The smallest absolute Gasteiger partial charge is 0.270 e. The third-order valence-corrected chi connectivity index (χ3v) is 2.77. The number of pyridine rings is 2. The molecule has 1 unspecified atom stereocenters. The van der Waals surface area contributed by atoms with E-state index in [1.54, 1.807) is 37.6 Å². The highest BCUT2D eigenvalue weighted by Crippen LogP contribution is 2.11. The van der Waals surface area contributed by atoms with Crippen molar-refractivity contribution in [2.24, 2.45) is 0 Å². The zero-order valence-electron chi connectivity index (χ0n) is 10.9. The maximum Gasteiger partial charge on any atom is 0.270 e. The summed E-state index contributed by atoms with van der Waals surface area (Å²) in [6.07, 6.45) is 3.44. The first-order chi connectivity index (χ1) is 9.20. The first-order valence-corrected chi connectivity index (χ1v) is 6.06. The molecule has 19 heavy (non-hydrogen) atoms. The van der Waals surface area contributed by atoms with E-state index in [2.05, 4.69) is 20.6 Å². The van der Waals surface area contributed by atoms with Gasteiger partial charge in [-0.2, -0.15) is 0 Å². The van der Waals surface area contributed by atoms with E-state index in [9.17, 15) is 4.79 Å². The molecule has 5 nitrogen and oxygen atoms in total. The highest BCUT2D eigenvalue weighted by molar-refractivity contribution is 5.92. The van der Waals surface area contributed by atoms with Crippen molar-refractivity contribution in [1.29, 1.82) is 0 Å². The van der Waals surface area contributed by atoms with Gasteiger partial charge in [-0.1, -0.05) is 12.1 Å². The maximum absolute atomic E-state index is 12.1. The van der Waals surface area contributed by atoms with E-state index in [-0.39, 0.29) is 11.9 Å². The van der Waals surface area contributed by atoms with Gasteiger partial charge >= 0.3 is 0 Å². The lowest BCUT2D eigenvalue weighted by Crippen LogP contribution is -2.27. The number of hydrogen-bond donors (Lipinski definition) is 2. The van der Waals surface area contributed by atoms with Crippen LogP contribution in [0.5, 0.6) is 0 Å². The third-order valence-electron chi connectivity index (χ3n) is 2.77. The molecule has 1 atom stereocenters. The molecule has 0 spiro atoms. The summed E-state index contributed by atoms with van der Waals surface area (Å²) in [6.45, 7) is 1.91. The van der Waals surface area contributed by atoms with Crippen molar-refractivity contribution in [1.82, 2.24) is 15.3 Å². The number of amides is 1. The maximum atomic E-state index is 12.1. The monoisotopic (exact) mass is 256 g/mol. The molecule has 2 rings (SSSR count). The zero-order valence-corrected chi connectivity index (χ0v) is 10.9. The Hall–Kier alpha value is -2.43. The van der Waals surface area contributed by atoms with Crippen LogP contribution in [0.25, 0.3) is 0 Å². The first-order valence-electron chi connectivity index (χ1n) is 6.06. The molecule has 0 aliphatic rings. The van der Waals surface area contributed by atoms with Gasteiger partial charge < -0.3 is 10.6 Å². The number of hydrogen-bond acceptors (Lipinski definition) is 4. The summed E-state index contributed by atoms with van der Waals surface area (Å²) in [5.41, 5.74) is 1.35. The lowest BCUT2D eigenvalue weighted by molar-refractivity contribution is 0.0935. The Morgan fingerprint density at radius 3 is 2.79 bits per heavy atom. The summed E-state index contributed by atoms with van der Waals surface area (Å²) in [7, 11) is 1.77. The minimum absolute atomic E-state index is 0.110. The fourth-order valence-corrected chi connectivity index (χ4v) is 1.69. The molecule has 0 aromatic carbocycles. The summed E-state index contributed by atoms with van der Waals surface area (Å²) in [4.78, 5) is 20.3. The summed E-state index contributed by atoms with van der Waals surface area (Å²) in [6, 6.07) is 8.95. The van der Waals surface area contributed by atoms with Crippen LogP contribution in [0, 0.1) is 0 Å². The second kappa shape index (κ2) is 5.95.